The molecule has 0 radical (unpaired) electrons. The van der Waals surface area contributed by atoms with Crippen LogP contribution in [0.2, 0.25) is 0 Å². The number of thioether (sulfide) groups is 1. The van der Waals surface area contributed by atoms with Crippen molar-refractivity contribution in [3.63, 3.8) is 0 Å². The average molecular weight is 398 g/mol. The Bertz CT molecular complexity index is 1170. The molecular weight excluding hydrogens is 386 g/mol. The molecule has 3 aromatic rings. The second kappa shape index (κ2) is 6.64. The number of carbonyl (C=O) groups is 1. The van der Waals surface area contributed by atoms with Gasteiger partial charge < -0.3 is 10.3 Å². The minimum Gasteiger partial charge on any atom is -0.307 e. The van der Waals surface area contributed by atoms with Crippen molar-refractivity contribution in [3.8, 4) is 11.1 Å². The zero-order valence-corrected chi connectivity index (χ0v) is 15.7. The fourth-order valence-electron chi connectivity index (χ4n) is 2.56. The number of rotatable bonds is 3. The van der Waals surface area contributed by atoms with Gasteiger partial charge in [0.2, 0.25) is 0 Å². The zero-order chi connectivity index (χ0) is 18.3. The molecule has 26 heavy (non-hydrogen) atoms. The standard InChI is InChI=1S/C18H11N3O2S3/c1-2-15-19-13-4-3-9(6-12(13)16(22)20-15)10-5-11(25-8-10)7-14-17(23)21-18(24)26-14/h2-8H,1H2,(H,19,20,22)(H,21,23,24). The van der Waals surface area contributed by atoms with E-state index in [1.165, 1.54) is 29.2 Å². The van der Waals surface area contributed by atoms with Crippen molar-refractivity contribution in [2.45, 2.75) is 0 Å². The van der Waals surface area contributed by atoms with E-state index in [2.05, 4.69) is 21.9 Å². The summed E-state index contributed by atoms with van der Waals surface area (Å²) in [5.41, 5.74) is 2.31. The molecule has 0 saturated carbocycles. The molecule has 0 bridgehead atoms. The maximum Gasteiger partial charge on any atom is 0.263 e. The highest BCUT2D eigenvalue weighted by molar-refractivity contribution is 8.26. The van der Waals surface area contributed by atoms with Gasteiger partial charge in [-0.05, 0) is 46.9 Å². The lowest BCUT2D eigenvalue weighted by molar-refractivity contribution is -0.115. The predicted octanol–water partition coefficient (Wildman–Crippen LogP) is 3.78. The molecule has 1 aliphatic rings. The molecule has 2 N–H and O–H groups in total. The first-order chi connectivity index (χ1) is 12.5. The fourth-order valence-corrected chi connectivity index (χ4v) is 4.52. The zero-order valence-electron chi connectivity index (χ0n) is 13.2. The molecular formula is C18H11N3O2S3. The van der Waals surface area contributed by atoms with Crippen molar-refractivity contribution in [1.29, 1.82) is 0 Å². The highest BCUT2D eigenvalue weighted by Gasteiger charge is 2.22. The molecule has 1 saturated heterocycles. The van der Waals surface area contributed by atoms with E-state index in [-0.39, 0.29) is 11.5 Å². The summed E-state index contributed by atoms with van der Waals surface area (Å²) >= 11 is 7.78. The molecule has 8 heteroatoms. The minimum atomic E-state index is -0.197. The number of thiophene rings is 1. The minimum absolute atomic E-state index is 0.170. The summed E-state index contributed by atoms with van der Waals surface area (Å²) in [6, 6.07) is 7.54. The highest BCUT2D eigenvalue weighted by Crippen LogP contribution is 2.31. The van der Waals surface area contributed by atoms with Crippen LogP contribution in [0.4, 0.5) is 0 Å². The number of fused-ring (bicyclic) bond motifs is 1. The highest BCUT2D eigenvalue weighted by atomic mass is 32.2. The van der Waals surface area contributed by atoms with Gasteiger partial charge in [-0.2, -0.15) is 0 Å². The third-order valence-corrected chi connectivity index (χ3v) is 5.83. The number of nitrogens with one attached hydrogen (secondary N) is 2. The summed E-state index contributed by atoms with van der Waals surface area (Å²) in [6.45, 7) is 3.62. The van der Waals surface area contributed by atoms with E-state index in [1.54, 1.807) is 0 Å². The van der Waals surface area contributed by atoms with Gasteiger partial charge in [0.05, 0.1) is 15.8 Å². The van der Waals surface area contributed by atoms with Gasteiger partial charge >= 0.3 is 0 Å². The maximum absolute atomic E-state index is 12.2. The average Bonchev–Trinajstić information content (AvgIpc) is 3.21. The molecule has 3 heterocycles. The van der Waals surface area contributed by atoms with E-state index in [9.17, 15) is 9.59 Å². The van der Waals surface area contributed by atoms with Gasteiger partial charge in [-0.25, -0.2) is 4.98 Å². The van der Waals surface area contributed by atoms with Crippen LogP contribution in [-0.2, 0) is 4.79 Å². The van der Waals surface area contributed by atoms with Crippen LogP contribution < -0.4 is 10.9 Å². The van der Waals surface area contributed by atoms with E-state index in [0.717, 1.165) is 16.0 Å². The van der Waals surface area contributed by atoms with Crippen LogP contribution in [0.5, 0.6) is 0 Å². The van der Waals surface area contributed by atoms with E-state index in [0.29, 0.717) is 26.0 Å². The molecule has 1 amide bonds. The molecule has 0 unspecified atom stereocenters. The number of H-pyrrole nitrogens is 1. The number of aromatic amines is 1. The van der Waals surface area contributed by atoms with Crippen molar-refractivity contribution < 1.29 is 4.79 Å². The number of hydrogen-bond acceptors (Lipinski definition) is 6. The van der Waals surface area contributed by atoms with Gasteiger partial charge in [-0.15, -0.1) is 11.3 Å². The lowest BCUT2D eigenvalue weighted by Crippen LogP contribution is -2.17. The Morgan fingerprint density at radius 1 is 1.19 bits per heavy atom. The van der Waals surface area contributed by atoms with Crippen molar-refractivity contribution in [1.82, 2.24) is 15.3 Å². The van der Waals surface area contributed by atoms with Gasteiger partial charge in [-0.1, -0.05) is 36.6 Å². The number of thiocarbonyl (C=S) groups is 1. The molecule has 0 atom stereocenters. The smallest absolute Gasteiger partial charge is 0.263 e. The number of carbonyl (C=O) groups excluding carboxylic acids is 1. The Morgan fingerprint density at radius 3 is 2.77 bits per heavy atom. The van der Waals surface area contributed by atoms with E-state index in [1.807, 2.05) is 35.7 Å². The molecule has 2 aromatic heterocycles. The maximum atomic E-state index is 12.2. The van der Waals surface area contributed by atoms with Crippen LogP contribution in [0.1, 0.15) is 10.7 Å². The molecule has 1 aromatic carbocycles. The third-order valence-electron chi connectivity index (χ3n) is 3.79. The van der Waals surface area contributed by atoms with Crippen molar-refractivity contribution in [3.05, 3.63) is 62.2 Å². The number of nitrogens with zero attached hydrogens (tertiary/aromatic N) is 1. The monoisotopic (exact) mass is 397 g/mol. The number of benzene rings is 1. The quantitative estimate of drug-likeness (QED) is 0.520. The summed E-state index contributed by atoms with van der Waals surface area (Å²) < 4.78 is 0.471. The first-order valence-electron chi connectivity index (χ1n) is 7.54. The third kappa shape index (κ3) is 3.14. The Kier molecular flexibility index (Phi) is 4.31. The number of aromatic nitrogens is 2. The number of amides is 1. The SMILES string of the molecule is C=Cc1nc2ccc(-c3csc(C=C4SC(=S)NC4=O)c3)cc2c(=O)[nH]1. The molecule has 1 aliphatic heterocycles. The van der Waals surface area contributed by atoms with E-state index in [4.69, 9.17) is 12.2 Å². The van der Waals surface area contributed by atoms with Crippen LogP contribution in [0.15, 0.2) is 45.9 Å². The van der Waals surface area contributed by atoms with Gasteiger partial charge in [0.25, 0.3) is 11.5 Å². The molecule has 5 nitrogen and oxygen atoms in total. The first kappa shape index (κ1) is 16.9. The molecule has 0 aliphatic carbocycles. The Balaban J connectivity index is 1.72. The van der Waals surface area contributed by atoms with Crippen LogP contribution in [0, 0.1) is 0 Å². The van der Waals surface area contributed by atoms with Crippen molar-refractivity contribution in [2.24, 2.45) is 0 Å². The Morgan fingerprint density at radius 2 is 2.04 bits per heavy atom. The Hall–Kier alpha value is -2.55. The van der Waals surface area contributed by atoms with Crippen LogP contribution in [-0.4, -0.2) is 20.2 Å². The number of hydrogen-bond donors (Lipinski definition) is 2. The van der Waals surface area contributed by atoms with Crippen molar-refractivity contribution >= 4 is 68.6 Å². The first-order valence-corrected chi connectivity index (χ1v) is 9.64. The molecule has 4 rings (SSSR count). The normalized spacial score (nSPS) is 15.6. The largest absolute Gasteiger partial charge is 0.307 e. The fraction of sp³-hybridized carbons (Fsp3) is 0. The summed E-state index contributed by atoms with van der Waals surface area (Å²) in [6.07, 6.45) is 3.33. The molecule has 1 fully saturated rings. The second-order valence-electron chi connectivity index (χ2n) is 5.48. The molecule has 128 valence electrons. The van der Waals surface area contributed by atoms with E-state index >= 15 is 0 Å². The van der Waals surface area contributed by atoms with Gasteiger partial charge in [0.1, 0.15) is 10.1 Å². The van der Waals surface area contributed by atoms with Gasteiger partial charge in [0.15, 0.2) is 0 Å². The van der Waals surface area contributed by atoms with Gasteiger partial charge in [-0.3, -0.25) is 9.59 Å². The topological polar surface area (TPSA) is 74.8 Å². The van der Waals surface area contributed by atoms with Crippen molar-refractivity contribution in [2.75, 3.05) is 0 Å². The molecule has 0 spiro atoms. The summed E-state index contributed by atoms with van der Waals surface area (Å²) in [4.78, 5) is 32.6. The van der Waals surface area contributed by atoms with Gasteiger partial charge in [0, 0.05) is 4.88 Å². The summed E-state index contributed by atoms with van der Waals surface area (Å²) in [5, 5.41) is 5.11. The predicted molar refractivity (Wildman–Crippen MR) is 112 cm³/mol. The van der Waals surface area contributed by atoms with Crippen LogP contribution in [0.3, 0.4) is 0 Å². The lowest BCUT2D eigenvalue weighted by Gasteiger charge is -2.02. The summed E-state index contributed by atoms with van der Waals surface area (Å²) in [7, 11) is 0. The van der Waals surface area contributed by atoms with E-state index < -0.39 is 0 Å². The summed E-state index contributed by atoms with van der Waals surface area (Å²) in [5.74, 6) is 0.279. The lowest BCUT2D eigenvalue weighted by atomic mass is 10.1. The second-order valence-corrected chi connectivity index (χ2v) is 8.14. The van der Waals surface area contributed by atoms with Crippen LogP contribution >= 0.6 is 35.3 Å². The Labute approximate surface area is 161 Å². The van der Waals surface area contributed by atoms with Crippen LogP contribution in [0.25, 0.3) is 34.2 Å².